The number of carbonyl (C=O) groups excluding carboxylic acids is 1. The van der Waals surface area contributed by atoms with Gasteiger partial charge in [-0.25, -0.2) is 4.98 Å². The standard InChI is InChI=1S/C20H21ClN2O2S/c1-4-12(2)15-7-5-6-8-17(15)25-13(3)19(24)23-20-22-16-10-9-14(21)11-18(16)26-20/h5-13H,4H2,1-3H3,(H,22,23,24). The van der Waals surface area contributed by atoms with E-state index in [9.17, 15) is 4.79 Å². The van der Waals surface area contributed by atoms with Crippen LogP contribution >= 0.6 is 22.9 Å². The number of para-hydroxylation sites is 1. The lowest BCUT2D eigenvalue weighted by molar-refractivity contribution is -0.122. The molecule has 3 rings (SSSR count). The van der Waals surface area contributed by atoms with Crippen molar-refractivity contribution in [2.45, 2.75) is 39.2 Å². The highest BCUT2D eigenvalue weighted by atomic mass is 35.5. The van der Waals surface area contributed by atoms with Crippen molar-refractivity contribution >= 4 is 44.2 Å². The maximum atomic E-state index is 12.5. The van der Waals surface area contributed by atoms with Crippen LogP contribution in [0.25, 0.3) is 10.2 Å². The Labute approximate surface area is 162 Å². The number of aromatic nitrogens is 1. The van der Waals surface area contributed by atoms with Gasteiger partial charge < -0.3 is 4.74 Å². The van der Waals surface area contributed by atoms with Crippen molar-refractivity contribution in [2.75, 3.05) is 5.32 Å². The number of nitrogens with zero attached hydrogens (tertiary/aromatic N) is 1. The Bertz CT molecular complexity index is 925. The Balaban J connectivity index is 1.71. The maximum absolute atomic E-state index is 12.5. The first-order chi connectivity index (χ1) is 12.5. The van der Waals surface area contributed by atoms with Crippen LogP contribution in [0.2, 0.25) is 5.02 Å². The molecule has 1 N–H and O–H groups in total. The van der Waals surface area contributed by atoms with Crippen molar-refractivity contribution in [1.29, 1.82) is 0 Å². The highest BCUT2D eigenvalue weighted by molar-refractivity contribution is 7.22. The van der Waals surface area contributed by atoms with Gasteiger partial charge >= 0.3 is 0 Å². The molecule has 0 saturated heterocycles. The van der Waals surface area contributed by atoms with Gasteiger partial charge in [0.15, 0.2) is 11.2 Å². The first kappa shape index (κ1) is 18.7. The van der Waals surface area contributed by atoms with E-state index in [0.29, 0.717) is 16.1 Å². The second kappa shape index (κ2) is 8.06. The summed E-state index contributed by atoms with van der Waals surface area (Å²) < 4.78 is 6.87. The second-order valence-corrected chi connectivity index (χ2v) is 7.69. The molecule has 3 aromatic rings. The number of ether oxygens (including phenoxy) is 1. The Hall–Kier alpha value is -2.11. The molecule has 0 spiro atoms. The number of hydrogen-bond acceptors (Lipinski definition) is 4. The number of anilines is 1. The highest BCUT2D eigenvalue weighted by Crippen LogP contribution is 2.30. The largest absolute Gasteiger partial charge is 0.481 e. The lowest BCUT2D eigenvalue weighted by atomic mass is 9.98. The number of rotatable bonds is 6. The van der Waals surface area contributed by atoms with E-state index in [-0.39, 0.29) is 5.91 Å². The molecule has 1 aromatic heterocycles. The van der Waals surface area contributed by atoms with Gasteiger partial charge in [0.05, 0.1) is 10.2 Å². The summed E-state index contributed by atoms with van der Waals surface area (Å²) in [6.45, 7) is 6.03. The van der Waals surface area contributed by atoms with Gasteiger partial charge in [-0.3, -0.25) is 10.1 Å². The molecular weight excluding hydrogens is 368 g/mol. The molecular formula is C20H21ClN2O2S. The van der Waals surface area contributed by atoms with E-state index in [0.717, 1.165) is 28.0 Å². The first-order valence-corrected chi connectivity index (χ1v) is 9.80. The van der Waals surface area contributed by atoms with Crippen molar-refractivity contribution in [1.82, 2.24) is 4.98 Å². The molecule has 0 bridgehead atoms. The number of carbonyl (C=O) groups is 1. The van der Waals surface area contributed by atoms with E-state index < -0.39 is 6.10 Å². The zero-order valence-corrected chi connectivity index (χ0v) is 16.5. The van der Waals surface area contributed by atoms with Crippen LogP contribution in [0.4, 0.5) is 5.13 Å². The molecule has 0 saturated carbocycles. The SMILES string of the molecule is CCC(C)c1ccccc1OC(C)C(=O)Nc1nc2ccc(Cl)cc2s1. The Kier molecular flexibility index (Phi) is 5.79. The maximum Gasteiger partial charge on any atom is 0.266 e. The van der Waals surface area contributed by atoms with Gasteiger partial charge in [0.25, 0.3) is 5.91 Å². The van der Waals surface area contributed by atoms with E-state index in [1.54, 1.807) is 13.0 Å². The van der Waals surface area contributed by atoms with Crippen LogP contribution in [0, 0.1) is 0 Å². The minimum atomic E-state index is -0.629. The third kappa shape index (κ3) is 4.17. The fourth-order valence-electron chi connectivity index (χ4n) is 2.62. The zero-order valence-electron chi connectivity index (χ0n) is 15.0. The predicted octanol–water partition coefficient (Wildman–Crippen LogP) is 5.87. The number of benzene rings is 2. The van der Waals surface area contributed by atoms with Gasteiger partial charge in [-0.1, -0.05) is 55.0 Å². The van der Waals surface area contributed by atoms with Crippen molar-refractivity contribution in [3.63, 3.8) is 0 Å². The molecule has 2 unspecified atom stereocenters. The van der Waals surface area contributed by atoms with Crippen LogP contribution in [0.5, 0.6) is 5.75 Å². The van der Waals surface area contributed by atoms with Crippen LogP contribution in [-0.4, -0.2) is 17.0 Å². The molecule has 6 heteroatoms. The zero-order chi connectivity index (χ0) is 18.7. The third-order valence-corrected chi connectivity index (χ3v) is 5.48. The number of halogens is 1. The van der Waals surface area contributed by atoms with Crippen LogP contribution < -0.4 is 10.1 Å². The average Bonchev–Trinajstić information content (AvgIpc) is 3.02. The van der Waals surface area contributed by atoms with Crippen LogP contribution in [-0.2, 0) is 4.79 Å². The minimum absolute atomic E-state index is 0.228. The summed E-state index contributed by atoms with van der Waals surface area (Å²) in [5.74, 6) is 0.894. The van der Waals surface area contributed by atoms with Gasteiger partial charge in [0, 0.05) is 5.02 Å². The summed E-state index contributed by atoms with van der Waals surface area (Å²) in [5.41, 5.74) is 1.93. The van der Waals surface area contributed by atoms with Gasteiger partial charge in [-0.2, -0.15) is 0 Å². The average molecular weight is 389 g/mol. The van der Waals surface area contributed by atoms with Crippen LogP contribution in [0.3, 0.4) is 0 Å². The van der Waals surface area contributed by atoms with E-state index in [2.05, 4.69) is 24.1 Å². The Morgan fingerprint density at radius 1 is 1.27 bits per heavy atom. The number of thiazole rings is 1. The van der Waals surface area contributed by atoms with E-state index in [1.165, 1.54) is 11.3 Å². The smallest absolute Gasteiger partial charge is 0.266 e. The number of hydrogen-bond donors (Lipinski definition) is 1. The molecule has 0 radical (unpaired) electrons. The summed E-state index contributed by atoms with van der Waals surface area (Å²) in [5, 5.41) is 4.02. The third-order valence-electron chi connectivity index (χ3n) is 4.32. The Morgan fingerprint density at radius 2 is 2.04 bits per heavy atom. The van der Waals surface area contributed by atoms with Gasteiger partial charge in [0.1, 0.15) is 5.75 Å². The molecule has 0 aliphatic rings. The minimum Gasteiger partial charge on any atom is -0.481 e. The molecule has 0 aliphatic heterocycles. The molecule has 2 aromatic carbocycles. The molecule has 1 heterocycles. The fourth-order valence-corrected chi connectivity index (χ4v) is 3.76. The molecule has 4 nitrogen and oxygen atoms in total. The number of nitrogens with one attached hydrogen (secondary N) is 1. The van der Waals surface area contributed by atoms with Gasteiger partial charge in [-0.15, -0.1) is 0 Å². The predicted molar refractivity (Wildman–Crippen MR) is 108 cm³/mol. The summed E-state index contributed by atoms with van der Waals surface area (Å²) in [7, 11) is 0. The summed E-state index contributed by atoms with van der Waals surface area (Å²) >= 11 is 7.39. The summed E-state index contributed by atoms with van der Waals surface area (Å²) in [4.78, 5) is 16.9. The van der Waals surface area contributed by atoms with Crippen molar-refractivity contribution in [3.8, 4) is 5.75 Å². The topological polar surface area (TPSA) is 51.2 Å². The van der Waals surface area contributed by atoms with E-state index in [4.69, 9.17) is 16.3 Å². The monoisotopic (exact) mass is 388 g/mol. The van der Waals surface area contributed by atoms with Crippen LogP contribution in [0.15, 0.2) is 42.5 Å². The quantitative estimate of drug-likeness (QED) is 0.574. The Morgan fingerprint density at radius 3 is 2.81 bits per heavy atom. The number of amides is 1. The van der Waals surface area contributed by atoms with E-state index in [1.807, 2.05) is 36.4 Å². The van der Waals surface area contributed by atoms with E-state index >= 15 is 0 Å². The lowest BCUT2D eigenvalue weighted by Gasteiger charge is -2.19. The van der Waals surface area contributed by atoms with Crippen molar-refractivity contribution in [3.05, 3.63) is 53.1 Å². The molecule has 26 heavy (non-hydrogen) atoms. The molecule has 1 amide bonds. The molecule has 136 valence electrons. The molecule has 0 fully saturated rings. The van der Waals surface area contributed by atoms with Gasteiger partial charge in [0.2, 0.25) is 0 Å². The normalized spacial score (nSPS) is 13.4. The lowest BCUT2D eigenvalue weighted by Crippen LogP contribution is -2.30. The second-order valence-electron chi connectivity index (χ2n) is 6.23. The molecule has 0 aliphatic carbocycles. The van der Waals surface area contributed by atoms with Crippen molar-refractivity contribution in [2.24, 2.45) is 0 Å². The van der Waals surface area contributed by atoms with Gasteiger partial charge in [-0.05, 0) is 49.1 Å². The fraction of sp³-hybridized carbons (Fsp3) is 0.300. The number of fused-ring (bicyclic) bond motifs is 1. The van der Waals surface area contributed by atoms with Crippen LogP contribution in [0.1, 0.15) is 38.7 Å². The summed E-state index contributed by atoms with van der Waals surface area (Å²) in [6, 6.07) is 13.3. The first-order valence-electron chi connectivity index (χ1n) is 8.60. The van der Waals surface area contributed by atoms with Crippen molar-refractivity contribution < 1.29 is 9.53 Å². The summed E-state index contributed by atoms with van der Waals surface area (Å²) in [6.07, 6.45) is 0.380. The highest BCUT2D eigenvalue weighted by Gasteiger charge is 2.19. The molecule has 2 atom stereocenters.